The molecule has 0 spiro atoms. The third-order valence-electron chi connectivity index (χ3n) is 1.73. The topological polar surface area (TPSA) is 50.3 Å². The van der Waals surface area contributed by atoms with Crippen LogP contribution in [-0.4, -0.2) is 25.7 Å². The third kappa shape index (κ3) is 1.21. The average molecular weight is 204 g/mol. The first-order valence-corrected chi connectivity index (χ1v) is 6.09. The number of sulfonamides is 1. The van der Waals surface area contributed by atoms with Crippen LogP contribution in [0.2, 0.25) is 0 Å². The second-order valence-electron chi connectivity index (χ2n) is 2.56. The van der Waals surface area contributed by atoms with Crippen molar-refractivity contribution in [3.8, 4) is 0 Å². The normalized spacial score (nSPS) is 21.5. The van der Waals surface area contributed by atoms with E-state index < -0.39 is 10.0 Å². The highest BCUT2D eigenvalue weighted by molar-refractivity contribution is 7.93. The SMILES string of the molecule is O=S1(=O)CCCN1c1nccs1. The van der Waals surface area contributed by atoms with Gasteiger partial charge in [-0.25, -0.2) is 17.7 Å². The van der Waals surface area contributed by atoms with Gasteiger partial charge in [0.1, 0.15) is 0 Å². The van der Waals surface area contributed by atoms with Crippen molar-refractivity contribution in [3.63, 3.8) is 0 Å². The summed E-state index contributed by atoms with van der Waals surface area (Å²) in [5, 5.41) is 2.37. The van der Waals surface area contributed by atoms with E-state index in [4.69, 9.17) is 0 Å². The molecule has 0 N–H and O–H groups in total. The Morgan fingerprint density at radius 1 is 1.58 bits per heavy atom. The average Bonchev–Trinajstić information content (AvgIpc) is 2.55. The Kier molecular flexibility index (Phi) is 1.80. The first-order valence-electron chi connectivity index (χ1n) is 3.60. The first-order chi connectivity index (χ1) is 5.70. The second kappa shape index (κ2) is 2.70. The Hall–Kier alpha value is -0.620. The zero-order valence-electron chi connectivity index (χ0n) is 6.30. The molecule has 0 atom stereocenters. The second-order valence-corrected chi connectivity index (χ2v) is 5.44. The summed E-state index contributed by atoms with van der Waals surface area (Å²) in [5.41, 5.74) is 0. The molecule has 0 unspecified atom stereocenters. The van der Waals surface area contributed by atoms with Crippen LogP contribution >= 0.6 is 11.3 Å². The van der Waals surface area contributed by atoms with E-state index in [0.29, 0.717) is 18.1 Å². The van der Waals surface area contributed by atoms with Crippen molar-refractivity contribution in [2.45, 2.75) is 6.42 Å². The monoisotopic (exact) mass is 204 g/mol. The van der Waals surface area contributed by atoms with Crippen LogP contribution in [0.25, 0.3) is 0 Å². The van der Waals surface area contributed by atoms with Gasteiger partial charge >= 0.3 is 0 Å². The van der Waals surface area contributed by atoms with Crippen molar-refractivity contribution >= 4 is 26.5 Å². The summed E-state index contributed by atoms with van der Waals surface area (Å²) in [4.78, 5) is 3.96. The number of hydrogen-bond donors (Lipinski definition) is 0. The molecule has 2 rings (SSSR count). The van der Waals surface area contributed by atoms with Crippen LogP contribution in [0.1, 0.15) is 6.42 Å². The molecule has 1 aliphatic heterocycles. The van der Waals surface area contributed by atoms with Crippen LogP contribution in [0.3, 0.4) is 0 Å². The van der Waals surface area contributed by atoms with E-state index in [9.17, 15) is 8.42 Å². The lowest BCUT2D eigenvalue weighted by molar-refractivity contribution is 0.599. The number of hydrogen-bond acceptors (Lipinski definition) is 4. The van der Waals surface area contributed by atoms with Gasteiger partial charge in [0.05, 0.1) is 5.75 Å². The molecule has 1 fully saturated rings. The number of rotatable bonds is 1. The van der Waals surface area contributed by atoms with Crippen molar-refractivity contribution in [2.75, 3.05) is 16.6 Å². The largest absolute Gasteiger partial charge is 0.245 e. The van der Waals surface area contributed by atoms with Gasteiger partial charge in [-0.3, -0.25) is 0 Å². The van der Waals surface area contributed by atoms with Crippen molar-refractivity contribution in [3.05, 3.63) is 11.6 Å². The molecule has 1 aromatic rings. The maximum absolute atomic E-state index is 11.4. The fourth-order valence-corrected chi connectivity index (χ4v) is 3.64. The van der Waals surface area contributed by atoms with Crippen molar-refractivity contribution in [1.82, 2.24) is 4.98 Å². The smallest absolute Gasteiger partial charge is 0.236 e. The van der Waals surface area contributed by atoms with E-state index in [-0.39, 0.29) is 5.75 Å². The lowest BCUT2D eigenvalue weighted by atomic mass is 10.5. The fraction of sp³-hybridized carbons (Fsp3) is 0.500. The number of thiazole rings is 1. The van der Waals surface area contributed by atoms with Gasteiger partial charge in [0.25, 0.3) is 0 Å². The van der Waals surface area contributed by atoms with Crippen LogP contribution in [-0.2, 0) is 10.0 Å². The highest BCUT2D eigenvalue weighted by Gasteiger charge is 2.29. The van der Waals surface area contributed by atoms with Gasteiger partial charge in [0.15, 0.2) is 5.13 Å². The van der Waals surface area contributed by atoms with Gasteiger partial charge in [-0.2, -0.15) is 0 Å². The minimum Gasteiger partial charge on any atom is -0.245 e. The Morgan fingerprint density at radius 2 is 2.42 bits per heavy atom. The van der Waals surface area contributed by atoms with Gasteiger partial charge in [0.2, 0.25) is 10.0 Å². The van der Waals surface area contributed by atoms with Gasteiger partial charge in [0, 0.05) is 18.1 Å². The third-order valence-corrected chi connectivity index (χ3v) is 4.47. The van der Waals surface area contributed by atoms with Gasteiger partial charge < -0.3 is 0 Å². The maximum atomic E-state index is 11.4. The van der Waals surface area contributed by atoms with E-state index in [0.717, 1.165) is 0 Å². The first kappa shape index (κ1) is 8.00. The molecule has 0 aromatic carbocycles. The number of aromatic nitrogens is 1. The molecule has 6 heteroatoms. The van der Waals surface area contributed by atoms with E-state index in [1.54, 1.807) is 11.6 Å². The molecule has 1 aliphatic rings. The van der Waals surface area contributed by atoms with E-state index in [1.165, 1.54) is 15.6 Å². The van der Waals surface area contributed by atoms with Crippen LogP contribution in [0.5, 0.6) is 0 Å². The van der Waals surface area contributed by atoms with Crippen LogP contribution in [0, 0.1) is 0 Å². The van der Waals surface area contributed by atoms with E-state index >= 15 is 0 Å². The van der Waals surface area contributed by atoms with Gasteiger partial charge in [-0.15, -0.1) is 11.3 Å². The molecule has 0 bridgehead atoms. The summed E-state index contributed by atoms with van der Waals surface area (Å²) >= 11 is 1.36. The molecule has 0 radical (unpaired) electrons. The summed E-state index contributed by atoms with van der Waals surface area (Å²) in [6.45, 7) is 0.579. The Balaban J connectivity index is 2.37. The van der Waals surface area contributed by atoms with E-state index in [1.807, 2.05) is 0 Å². The summed E-state index contributed by atoms with van der Waals surface area (Å²) in [7, 11) is -3.03. The molecular weight excluding hydrogens is 196 g/mol. The highest BCUT2D eigenvalue weighted by atomic mass is 32.2. The zero-order chi connectivity index (χ0) is 8.60. The lowest BCUT2D eigenvalue weighted by Crippen LogP contribution is -2.24. The van der Waals surface area contributed by atoms with Gasteiger partial charge in [-0.05, 0) is 6.42 Å². The van der Waals surface area contributed by atoms with Gasteiger partial charge in [-0.1, -0.05) is 0 Å². The number of anilines is 1. The van der Waals surface area contributed by atoms with Crippen molar-refractivity contribution < 1.29 is 8.42 Å². The molecule has 1 aromatic heterocycles. The zero-order valence-corrected chi connectivity index (χ0v) is 7.94. The molecule has 4 nitrogen and oxygen atoms in total. The Morgan fingerprint density at radius 3 is 2.92 bits per heavy atom. The van der Waals surface area contributed by atoms with Crippen molar-refractivity contribution in [1.29, 1.82) is 0 Å². The summed E-state index contributed by atoms with van der Waals surface area (Å²) in [5.74, 6) is 0.257. The maximum Gasteiger partial charge on any atom is 0.236 e. The quantitative estimate of drug-likeness (QED) is 0.676. The predicted molar refractivity (Wildman–Crippen MR) is 47.9 cm³/mol. The van der Waals surface area contributed by atoms with Crippen LogP contribution in [0.4, 0.5) is 5.13 Å². The highest BCUT2D eigenvalue weighted by Crippen LogP contribution is 2.25. The van der Waals surface area contributed by atoms with E-state index in [2.05, 4.69) is 4.98 Å². The summed E-state index contributed by atoms with van der Waals surface area (Å²) < 4.78 is 24.1. The summed E-state index contributed by atoms with van der Waals surface area (Å²) in [6, 6.07) is 0. The minimum atomic E-state index is -3.03. The molecule has 0 amide bonds. The van der Waals surface area contributed by atoms with Crippen LogP contribution < -0.4 is 4.31 Å². The molecule has 66 valence electrons. The predicted octanol–water partition coefficient (Wildman–Crippen LogP) is 0.683. The molecular formula is C6H8N2O2S2. The standard InChI is InChI=1S/C6H8N2O2S2/c9-12(10)5-1-3-8(12)6-7-2-4-11-6/h2,4H,1,3,5H2. The minimum absolute atomic E-state index is 0.257. The Bertz CT molecular complexity index is 357. The Labute approximate surface area is 74.9 Å². The molecule has 0 saturated carbocycles. The molecule has 1 saturated heterocycles. The van der Waals surface area contributed by atoms with Crippen molar-refractivity contribution in [2.24, 2.45) is 0 Å². The molecule has 0 aliphatic carbocycles. The van der Waals surface area contributed by atoms with Crippen LogP contribution in [0.15, 0.2) is 11.6 Å². The summed E-state index contributed by atoms with van der Waals surface area (Å²) in [6.07, 6.45) is 2.33. The molecule has 2 heterocycles. The fourth-order valence-electron chi connectivity index (χ4n) is 1.19. The number of nitrogens with zero attached hydrogens (tertiary/aromatic N) is 2. The lowest BCUT2D eigenvalue weighted by Gasteiger charge is -2.11. The molecule has 12 heavy (non-hydrogen) atoms.